The number of aliphatic imine (C=N–C) groups is 2. The van der Waals surface area contributed by atoms with Crippen LogP contribution >= 0.6 is 0 Å². The smallest absolute Gasteiger partial charge is 1.00 e. The molecule has 0 amide bonds. The van der Waals surface area contributed by atoms with E-state index < -0.39 is 0 Å². The largest absolute Gasteiger partial charge is 3.00 e. The van der Waals surface area contributed by atoms with Gasteiger partial charge in [-0.15, -0.1) is 0 Å². The zero-order chi connectivity index (χ0) is 32.7. The van der Waals surface area contributed by atoms with Gasteiger partial charge < -0.3 is 37.2 Å². The number of rotatable bonds is 8. The van der Waals surface area contributed by atoms with Gasteiger partial charge in [0.15, 0.2) is 0 Å². The van der Waals surface area contributed by atoms with E-state index in [1.54, 1.807) is 0 Å². The summed E-state index contributed by atoms with van der Waals surface area (Å²) in [6, 6.07) is 16.2. The predicted octanol–water partition coefficient (Wildman–Crippen LogP) is 4.40. The fourth-order valence-corrected chi connectivity index (χ4v) is 9.74. The quantitative estimate of drug-likeness (QED) is 0.246. The maximum atomic E-state index is 5.36. The zero-order valence-electron chi connectivity index (χ0n) is 31.5. The van der Waals surface area contributed by atoms with Crippen molar-refractivity contribution >= 4 is 23.8 Å². The molecule has 0 N–H and O–H groups in total. The van der Waals surface area contributed by atoms with Gasteiger partial charge in [-0.2, -0.15) is 0 Å². The second-order valence-electron chi connectivity index (χ2n) is 15.9. The Hall–Kier alpha value is -1.68. The molecular formula is C45H59Cl3FeN3. The van der Waals surface area contributed by atoms with Crippen LogP contribution in [-0.4, -0.2) is 17.4 Å². The van der Waals surface area contributed by atoms with Crippen LogP contribution in [0.15, 0.2) is 52.4 Å². The number of aryl methyl sites for hydroxylation is 2. The van der Waals surface area contributed by atoms with Crippen molar-refractivity contribution < 1.29 is 54.3 Å². The van der Waals surface area contributed by atoms with Crippen molar-refractivity contribution in [1.29, 1.82) is 0 Å². The van der Waals surface area contributed by atoms with Crippen LogP contribution in [0.3, 0.4) is 0 Å². The molecule has 0 atom stereocenters. The number of aromatic nitrogens is 1. The number of hydrogen-bond acceptors (Lipinski definition) is 3. The molecule has 0 saturated heterocycles. The van der Waals surface area contributed by atoms with E-state index in [0.29, 0.717) is 23.7 Å². The van der Waals surface area contributed by atoms with Gasteiger partial charge >= 0.3 is 17.1 Å². The van der Waals surface area contributed by atoms with Crippen molar-refractivity contribution in [2.45, 2.75) is 166 Å². The number of benzene rings is 2. The molecule has 3 nitrogen and oxygen atoms in total. The molecule has 1 heterocycles. The van der Waals surface area contributed by atoms with Crippen LogP contribution in [-0.2, 0) is 17.1 Å². The number of hydrogen-bond donors (Lipinski definition) is 0. The summed E-state index contributed by atoms with van der Waals surface area (Å²) in [5.74, 6) is 2.52. The summed E-state index contributed by atoms with van der Waals surface area (Å²) < 4.78 is 0. The van der Waals surface area contributed by atoms with Gasteiger partial charge in [-0.1, -0.05) is 119 Å². The Labute approximate surface area is 344 Å². The fraction of sp³-hybridized carbons (Fsp3) is 0.578. The first-order valence-corrected chi connectivity index (χ1v) is 20.0. The van der Waals surface area contributed by atoms with Crippen molar-refractivity contribution in [2.24, 2.45) is 9.98 Å². The standard InChI is InChI=1S/C45H59N3.3ClH.Fe/c1-32-26-40(34-16-7-3-8-17-34)44(41(27-32)35-18-9-4-10-19-35)46-30-38-24-15-25-39(48-38)31-47-45-42(36-20-11-5-12-21-36)28-33(2)29-43(45)37-22-13-6-14-23-37;;;;/h15,24-31,34-37H,3-14,16-23H2,1-2H3;3*1H;/q;;;;+3/p-3. The number of nitrogens with zero attached hydrogens (tertiary/aromatic N) is 3. The average Bonchev–Trinajstić information content (AvgIpc) is 3.15. The van der Waals surface area contributed by atoms with Gasteiger partial charge in [0.25, 0.3) is 0 Å². The SMILES string of the molecule is Cc1cc(C2CCCCC2)c(N=Cc2cccc(C=Nc3c(C4CCCCC4)cc(C)cc3C3CCCCC3)n2)c(C2CCCCC2)c1.[Cl-].[Cl-].[Cl-].[Fe+3]. The van der Waals surface area contributed by atoms with Crippen molar-refractivity contribution in [2.75, 3.05) is 0 Å². The number of halogens is 3. The summed E-state index contributed by atoms with van der Waals surface area (Å²) in [4.78, 5) is 15.8. The molecule has 4 aliphatic carbocycles. The Morgan fingerprint density at radius 3 is 1.00 bits per heavy atom. The van der Waals surface area contributed by atoms with Crippen LogP contribution in [0.4, 0.5) is 11.4 Å². The first-order chi connectivity index (χ1) is 23.6. The summed E-state index contributed by atoms with van der Waals surface area (Å²) in [6.07, 6.45) is 30.7. The molecule has 0 aliphatic heterocycles. The topological polar surface area (TPSA) is 37.6 Å². The monoisotopic (exact) mass is 802 g/mol. The van der Waals surface area contributed by atoms with E-state index in [0.717, 1.165) is 11.4 Å². The third kappa shape index (κ3) is 11.2. The Bertz CT molecular complexity index is 1400. The van der Waals surface area contributed by atoms with Gasteiger partial charge in [0.05, 0.1) is 35.2 Å². The van der Waals surface area contributed by atoms with E-state index >= 15 is 0 Å². The molecule has 1 radical (unpaired) electrons. The minimum absolute atomic E-state index is 0. The van der Waals surface area contributed by atoms with Crippen LogP contribution < -0.4 is 37.2 Å². The molecule has 7 rings (SSSR count). The van der Waals surface area contributed by atoms with Gasteiger partial charge in [0.2, 0.25) is 0 Å². The summed E-state index contributed by atoms with van der Waals surface area (Å²) in [7, 11) is 0. The summed E-state index contributed by atoms with van der Waals surface area (Å²) in [6.45, 7) is 4.59. The van der Waals surface area contributed by atoms with E-state index in [9.17, 15) is 0 Å². The van der Waals surface area contributed by atoms with E-state index in [-0.39, 0.29) is 54.3 Å². The Morgan fingerprint density at radius 2 is 0.731 bits per heavy atom. The molecule has 0 spiro atoms. The average molecular weight is 804 g/mol. The van der Waals surface area contributed by atoms with E-state index in [2.05, 4.69) is 56.3 Å². The predicted molar refractivity (Wildman–Crippen MR) is 204 cm³/mol. The maximum Gasteiger partial charge on any atom is 3.00 e. The second kappa shape index (κ2) is 22.0. The third-order valence-corrected chi connectivity index (χ3v) is 12.3. The van der Waals surface area contributed by atoms with E-state index in [4.69, 9.17) is 15.0 Å². The molecule has 0 unspecified atom stereocenters. The summed E-state index contributed by atoms with van der Waals surface area (Å²) in [5, 5.41) is 0. The first-order valence-electron chi connectivity index (χ1n) is 20.0. The molecule has 4 saturated carbocycles. The van der Waals surface area contributed by atoms with Crippen molar-refractivity contribution in [3.8, 4) is 0 Å². The molecule has 3 aromatic rings. The van der Waals surface area contributed by atoms with E-state index in [1.165, 1.54) is 173 Å². The molecule has 2 aromatic carbocycles. The van der Waals surface area contributed by atoms with Crippen molar-refractivity contribution in [1.82, 2.24) is 4.98 Å². The van der Waals surface area contributed by atoms with Gasteiger partial charge in [0.1, 0.15) is 0 Å². The van der Waals surface area contributed by atoms with Crippen LogP contribution in [0.2, 0.25) is 0 Å². The Morgan fingerprint density at radius 1 is 0.462 bits per heavy atom. The molecule has 4 aliphatic rings. The van der Waals surface area contributed by atoms with Gasteiger partial charge in [-0.25, -0.2) is 4.98 Å². The minimum atomic E-state index is 0. The Balaban J connectivity index is 0.00000182. The van der Waals surface area contributed by atoms with Crippen LogP contribution in [0.1, 0.15) is 197 Å². The fourth-order valence-electron chi connectivity index (χ4n) is 9.74. The van der Waals surface area contributed by atoms with Gasteiger partial charge in [0, 0.05) is 0 Å². The molecule has 0 bridgehead atoms. The van der Waals surface area contributed by atoms with Crippen LogP contribution in [0, 0.1) is 13.8 Å². The van der Waals surface area contributed by atoms with Gasteiger partial charge in [-0.3, -0.25) is 9.98 Å². The molecule has 4 fully saturated rings. The van der Waals surface area contributed by atoms with Crippen molar-refractivity contribution in [3.05, 3.63) is 87.2 Å². The van der Waals surface area contributed by atoms with Crippen molar-refractivity contribution in [3.63, 3.8) is 0 Å². The van der Waals surface area contributed by atoms with Crippen LogP contribution in [0.25, 0.3) is 0 Å². The van der Waals surface area contributed by atoms with Crippen LogP contribution in [0.5, 0.6) is 0 Å². The zero-order valence-corrected chi connectivity index (χ0v) is 34.8. The molecule has 283 valence electrons. The van der Waals surface area contributed by atoms with Gasteiger partial charge in [-0.05, 0) is 123 Å². The summed E-state index contributed by atoms with van der Waals surface area (Å²) in [5.41, 5.74) is 13.2. The molecular weight excluding hydrogens is 745 g/mol. The normalized spacial score (nSPS) is 19.4. The molecule has 7 heteroatoms. The first kappa shape index (κ1) is 44.7. The van der Waals surface area contributed by atoms with E-state index in [1.807, 2.05) is 12.4 Å². The molecule has 1 aromatic heterocycles. The Kier molecular flexibility index (Phi) is 18.9. The second-order valence-corrected chi connectivity index (χ2v) is 15.9. The molecule has 52 heavy (non-hydrogen) atoms. The maximum absolute atomic E-state index is 5.36. The minimum Gasteiger partial charge on any atom is -1.00 e. The summed E-state index contributed by atoms with van der Waals surface area (Å²) >= 11 is 0. The number of pyridine rings is 1. The third-order valence-electron chi connectivity index (χ3n) is 12.3.